The number of hydrogen-bond acceptors (Lipinski definition) is 6. The van der Waals surface area contributed by atoms with E-state index in [1.54, 1.807) is 18.2 Å². The molecular weight excluding hydrogens is 248 g/mol. The number of nitrogens with zero attached hydrogens (tertiary/aromatic N) is 2. The number of esters is 1. The van der Waals surface area contributed by atoms with Gasteiger partial charge in [0.2, 0.25) is 0 Å². The maximum absolute atomic E-state index is 11.7. The van der Waals surface area contributed by atoms with Gasteiger partial charge in [-0.1, -0.05) is 0 Å². The van der Waals surface area contributed by atoms with Crippen LogP contribution in [0.1, 0.15) is 18.6 Å². The minimum absolute atomic E-state index is 0.235. The Labute approximate surface area is 110 Å². The lowest BCUT2D eigenvalue weighted by atomic mass is 9.79. The Bertz CT molecular complexity index is 522. The standard InChI is InChI=1S/C13H12N2O4/c1-8(16)11(13(17)18-2)12(9(6-14)7-15)10-4-3-5-19-10/h3-5,9,11-12H,1-2H3. The van der Waals surface area contributed by atoms with Crippen LogP contribution < -0.4 is 0 Å². The lowest BCUT2D eigenvalue weighted by Crippen LogP contribution is -2.33. The maximum atomic E-state index is 11.7. The van der Waals surface area contributed by atoms with Crippen LogP contribution in [0.25, 0.3) is 0 Å². The van der Waals surface area contributed by atoms with E-state index < -0.39 is 29.5 Å². The first-order valence-electron chi connectivity index (χ1n) is 5.47. The Kier molecular flexibility index (Phi) is 4.84. The molecule has 2 unspecified atom stereocenters. The van der Waals surface area contributed by atoms with Crippen LogP contribution in [0.15, 0.2) is 22.8 Å². The first kappa shape index (κ1) is 14.5. The first-order valence-corrected chi connectivity index (χ1v) is 5.47. The Balaban J connectivity index is 3.30. The van der Waals surface area contributed by atoms with Crippen molar-refractivity contribution < 1.29 is 18.7 Å². The second-order valence-corrected chi connectivity index (χ2v) is 3.89. The van der Waals surface area contributed by atoms with Crippen molar-refractivity contribution in [1.29, 1.82) is 10.5 Å². The molecule has 1 heterocycles. The van der Waals surface area contributed by atoms with Crippen LogP contribution in [0.3, 0.4) is 0 Å². The van der Waals surface area contributed by atoms with E-state index in [4.69, 9.17) is 14.9 Å². The predicted octanol–water partition coefficient (Wildman–Crippen LogP) is 1.40. The van der Waals surface area contributed by atoms with Gasteiger partial charge in [-0.25, -0.2) is 0 Å². The Morgan fingerprint density at radius 1 is 1.37 bits per heavy atom. The zero-order valence-electron chi connectivity index (χ0n) is 10.5. The third-order valence-corrected chi connectivity index (χ3v) is 2.76. The van der Waals surface area contributed by atoms with Gasteiger partial charge in [0.25, 0.3) is 0 Å². The predicted molar refractivity (Wildman–Crippen MR) is 62.4 cm³/mol. The maximum Gasteiger partial charge on any atom is 0.317 e. The Morgan fingerprint density at radius 3 is 2.37 bits per heavy atom. The minimum Gasteiger partial charge on any atom is -0.469 e. The number of furan rings is 1. The molecule has 0 saturated heterocycles. The number of methoxy groups -OCH3 is 1. The summed E-state index contributed by atoms with van der Waals surface area (Å²) < 4.78 is 9.72. The zero-order chi connectivity index (χ0) is 14.4. The van der Waals surface area contributed by atoms with Crippen molar-refractivity contribution in [2.45, 2.75) is 12.8 Å². The molecule has 0 aromatic carbocycles. The molecule has 0 fully saturated rings. The van der Waals surface area contributed by atoms with Gasteiger partial charge in [0.1, 0.15) is 23.4 Å². The molecule has 0 bridgehead atoms. The van der Waals surface area contributed by atoms with E-state index in [2.05, 4.69) is 4.74 Å². The number of carbonyl (C=O) groups excluding carboxylic acids is 2. The van der Waals surface area contributed by atoms with E-state index in [0.717, 1.165) is 7.11 Å². The molecule has 0 spiro atoms. The summed E-state index contributed by atoms with van der Waals surface area (Å²) in [5.41, 5.74) is 0. The van der Waals surface area contributed by atoms with Gasteiger partial charge in [0.15, 0.2) is 0 Å². The van der Waals surface area contributed by atoms with Crippen molar-refractivity contribution in [2.24, 2.45) is 11.8 Å². The lowest BCUT2D eigenvalue weighted by Gasteiger charge is -2.21. The molecule has 0 aliphatic heterocycles. The van der Waals surface area contributed by atoms with Gasteiger partial charge in [-0.15, -0.1) is 0 Å². The Morgan fingerprint density at radius 2 is 2.00 bits per heavy atom. The quantitative estimate of drug-likeness (QED) is 0.585. The molecule has 0 aliphatic carbocycles. The highest BCUT2D eigenvalue weighted by molar-refractivity contribution is 5.98. The normalized spacial score (nSPS) is 13.1. The fourth-order valence-corrected chi connectivity index (χ4v) is 1.88. The molecule has 19 heavy (non-hydrogen) atoms. The van der Waals surface area contributed by atoms with Crippen LogP contribution in [0.2, 0.25) is 0 Å². The van der Waals surface area contributed by atoms with Crippen LogP contribution in [0.4, 0.5) is 0 Å². The molecule has 1 aromatic heterocycles. The summed E-state index contributed by atoms with van der Waals surface area (Å²) in [5, 5.41) is 18.0. The molecule has 1 rings (SSSR count). The zero-order valence-corrected chi connectivity index (χ0v) is 10.5. The summed E-state index contributed by atoms with van der Waals surface area (Å²) in [4.78, 5) is 23.4. The summed E-state index contributed by atoms with van der Waals surface area (Å²) in [6.45, 7) is 1.21. The third-order valence-electron chi connectivity index (χ3n) is 2.76. The van der Waals surface area contributed by atoms with Crippen LogP contribution in [-0.4, -0.2) is 18.9 Å². The van der Waals surface area contributed by atoms with Gasteiger partial charge in [0, 0.05) is 0 Å². The van der Waals surface area contributed by atoms with Crippen LogP contribution in [-0.2, 0) is 14.3 Å². The van der Waals surface area contributed by atoms with Crippen molar-refractivity contribution in [2.75, 3.05) is 7.11 Å². The summed E-state index contributed by atoms with van der Waals surface area (Å²) in [6, 6.07) is 6.62. The van der Waals surface area contributed by atoms with Crippen molar-refractivity contribution in [3.05, 3.63) is 24.2 Å². The summed E-state index contributed by atoms with van der Waals surface area (Å²) >= 11 is 0. The fourth-order valence-electron chi connectivity index (χ4n) is 1.88. The molecule has 0 saturated carbocycles. The number of rotatable bonds is 5. The van der Waals surface area contributed by atoms with Gasteiger partial charge in [-0.2, -0.15) is 10.5 Å². The van der Waals surface area contributed by atoms with Crippen molar-refractivity contribution >= 4 is 11.8 Å². The number of carbonyl (C=O) groups is 2. The first-order chi connectivity index (χ1) is 9.06. The largest absolute Gasteiger partial charge is 0.469 e. The highest BCUT2D eigenvalue weighted by atomic mass is 16.5. The molecule has 2 atom stereocenters. The van der Waals surface area contributed by atoms with E-state index in [1.807, 2.05) is 0 Å². The molecule has 0 N–H and O–H groups in total. The van der Waals surface area contributed by atoms with Crippen LogP contribution >= 0.6 is 0 Å². The SMILES string of the molecule is COC(=O)C(C(C)=O)C(c1ccco1)C(C#N)C#N. The van der Waals surface area contributed by atoms with Gasteiger partial charge in [0.05, 0.1) is 31.4 Å². The fraction of sp³-hybridized carbons (Fsp3) is 0.385. The number of Topliss-reactive ketones (excluding diaryl/α,β-unsaturated/α-hetero) is 1. The summed E-state index contributed by atoms with van der Waals surface area (Å²) in [6.07, 6.45) is 1.35. The molecule has 0 amide bonds. The van der Waals surface area contributed by atoms with Gasteiger partial charge in [-0.05, 0) is 19.1 Å². The van der Waals surface area contributed by atoms with E-state index in [0.29, 0.717) is 0 Å². The van der Waals surface area contributed by atoms with Gasteiger partial charge >= 0.3 is 5.97 Å². The molecule has 98 valence electrons. The van der Waals surface area contributed by atoms with E-state index >= 15 is 0 Å². The molecule has 6 heteroatoms. The van der Waals surface area contributed by atoms with E-state index in [9.17, 15) is 9.59 Å². The smallest absolute Gasteiger partial charge is 0.317 e. The molecule has 0 radical (unpaired) electrons. The van der Waals surface area contributed by atoms with Crippen LogP contribution in [0, 0.1) is 34.5 Å². The third kappa shape index (κ3) is 2.99. The number of hydrogen-bond donors (Lipinski definition) is 0. The molecule has 6 nitrogen and oxygen atoms in total. The van der Waals surface area contributed by atoms with Gasteiger partial charge < -0.3 is 9.15 Å². The monoisotopic (exact) mass is 260 g/mol. The number of nitriles is 2. The Hall–Kier alpha value is -2.60. The van der Waals surface area contributed by atoms with Crippen LogP contribution in [0.5, 0.6) is 0 Å². The van der Waals surface area contributed by atoms with Crippen molar-refractivity contribution in [3.8, 4) is 12.1 Å². The molecule has 0 aliphatic rings. The highest BCUT2D eigenvalue weighted by Gasteiger charge is 2.41. The lowest BCUT2D eigenvalue weighted by molar-refractivity contribution is -0.150. The average molecular weight is 260 g/mol. The number of ketones is 1. The summed E-state index contributed by atoms with van der Waals surface area (Å²) in [5.74, 6) is -4.43. The average Bonchev–Trinajstić information content (AvgIpc) is 2.91. The topological polar surface area (TPSA) is 104 Å². The summed E-state index contributed by atoms with van der Waals surface area (Å²) in [7, 11) is 1.14. The van der Waals surface area contributed by atoms with Crippen molar-refractivity contribution in [1.82, 2.24) is 0 Å². The highest BCUT2D eigenvalue weighted by Crippen LogP contribution is 2.33. The second-order valence-electron chi connectivity index (χ2n) is 3.89. The molecular formula is C13H12N2O4. The van der Waals surface area contributed by atoms with Gasteiger partial charge in [-0.3, -0.25) is 9.59 Å². The number of ether oxygens (including phenoxy) is 1. The molecule has 1 aromatic rings. The van der Waals surface area contributed by atoms with E-state index in [-0.39, 0.29) is 5.76 Å². The minimum atomic E-state index is -1.24. The van der Waals surface area contributed by atoms with Crippen molar-refractivity contribution in [3.63, 3.8) is 0 Å². The van der Waals surface area contributed by atoms with E-state index in [1.165, 1.54) is 19.3 Å². The second kappa shape index (κ2) is 6.36.